The normalized spacial score (nSPS) is 17.8. The van der Waals surface area contributed by atoms with Crippen LogP contribution in [0.25, 0.3) is 11.5 Å². The van der Waals surface area contributed by atoms with Gasteiger partial charge in [0.2, 0.25) is 0 Å². The predicted molar refractivity (Wildman–Crippen MR) is 92.8 cm³/mol. The Kier molecular flexibility index (Phi) is 4.39. The van der Waals surface area contributed by atoms with Gasteiger partial charge in [-0.3, -0.25) is 14.8 Å². The standard InChI is InChI=1S/C18H21N5O2/c24-18(16-2-1-7-19-16)20-10-13-6-9-23(11-13)12-14-3-4-17(25-14)15-5-8-21-22-15/h1-5,7-8,13,19H,6,9-12H2,(H,20,24)(H,21,22)/t13-/m0/s1. The molecule has 0 saturated carbocycles. The fraction of sp³-hybridized carbons (Fsp3) is 0.333. The van der Waals surface area contributed by atoms with Gasteiger partial charge in [0.25, 0.3) is 5.91 Å². The number of furan rings is 1. The number of nitrogens with zero attached hydrogens (tertiary/aromatic N) is 2. The van der Waals surface area contributed by atoms with Gasteiger partial charge in [0.05, 0.1) is 6.54 Å². The summed E-state index contributed by atoms with van der Waals surface area (Å²) < 4.78 is 5.89. The van der Waals surface area contributed by atoms with Crippen molar-refractivity contribution in [1.82, 2.24) is 25.4 Å². The van der Waals surface area contributed by atoms with Gasteiger partial charge >= 0.3 is 0 Å². The molecule has 3 aromatic rings. The predicted octanol–water partition coefficient (Wildman–Crippen LogP) is 2.25. The number of amides is 1. The molecule has 3 N–H and O–H groups in total. The van der Waals surface area contributed by atoms with Crippen molar-refractivity contribution >= 4 is 5.91 Å². The summed E-state index contributed by atoms with van der Waals surface area (Å²) in [6.45, 7) is 3.47. The van der Waals surface area contributed by atoms with Crippen LogP contribution in [0.2, 0.25) is 0 Å². The number of carbonyl (C=O) groups excluding carboxylic acids is 1. The van der Waals surface area contributed by atoms with Gasteiger partial charge in [-0.2, -0.15) is 5.10 Å². The zero-order chi connectivity index (χ0) is 17.1. The quantitative estimate of drug-likeness (QED) is 0.642. The van der Waals surface area contributed by atoms with Crippen molar-refractivity contribution in [2.45, 2.75) is 13.0 Å². The van der Waals surface area contributed by atoms with Gasteiger partial charge in [-0.15, -0.1) is 0 Å². The van der Waals surface area contributed by atoms with E-state index in [2.05, 4.69) is 25.4 Å². The van der Waals surface area contributed by atoms with E-state index in [0.29, 0.717) is 18.2 Å². The monoisotopic (exact) mass is 339 g/mol. The van der Waals surface area contributed by atoms with Crippen LogP contribution < -0.4 is 5.32 Å². The van der Waals surface area contributed by atoms with Crippen molar-refractivity contribution in [3.05, 3.63) is 54.2 Å². The largest absolute Gasteiger partial charge is 0.458 e. The van der Waals surface area contributed by atoms with E-state index in [1.807, 2.05) is 24.3 Å². The number of H-pyrrole nitrogens is 2. The van der Waals surface area contributed by atoms with Crippen molar-refractivity contribution in [2.24, 2.45) is 5.92 Å². The molecule has 7 nitrogen and oxygen atoms in total. The lowest BCUT2D eigenvalue weighted by Crippen LogP contribution is -2.31. The van der Waals surface area contributed by atoms with E-state index in [9.17, 15) is 4.79 Å². The molecule has 0 aromatic carbocycles. The van der Waals surface area contributed by atoms with Gasteiger partial charge in [-0.1, -0.05) is 0 Å². The molecule has 4 rings (SSSR count). The molecule has 1 amide bonds. The molecular formula is C18H21N5O2. The maximum absolute atomic E-state index is 12.0. The minimum absolute atomic E-state index is 0.0429. The lowest BCUT2D eigenvalue weighted by atomic mass is 10.1. The summed E-state index contributed by atoms with van der Waals surface area (Å²) in [5.74, 6) is 2.18. The second-order valence-corrected chi connectivity index (χ2v) is 6.42. The Labute approximate surface area is 145 Å². The maximum Gasteiger partial charge on any atom is 0.267 e. The Bertz CT molecular complexity index is 807. The van der Waals surface area contributed by atoms with E-state index in [1.165, 1.54) is 0 Å². The van der Waals surface area contributed by atoms with Crippen LogP contribution in [0.1, 0.15) is 22.7 Å². The highest BCUT2D eigenvalue weighted by molar-refractivity contribution is 5.92. The SMILES string of the molecule is O=C(NC[C@@H]1CCN(Cc2ccc(-c3ccn[nH]3)o2)C1)c1ccc[nH]1. The number of hydrogen-bond acceptors (Lipinski definition) is 4. The van der Waals surface area contributed by atoms with E-state index in [4.69, 9.17) is 4.42 Å². The number of likely N-dealkylation sites (tertiary alicyclic amines) is 1. The Morgan fingerprint density at radius 3 is 3.12 bits per heavy atom. The smallest absolute Gasteiger partial charge is 0.267 e. The van der Waals surface area contributed by atoms with Crippen LogP contribution in [0.5, 0.6) is 0 Å². The number of aromatic nitrogens is 3. The Morgan fingerprint density at radius 1 is 1.36 bits per heavy atom. The summed E-state index contributed by atoms with van der Waals surface area (Å²) in [5.41, 5.74) is 1.49. The summed E-state index contributed by atoms with van der Waals surface area (Å²) in [6.07, 6.45) is 4.55. The van der Waals surface area contributed by atoms with Crippen molar-refractivity contribution in [1.29, 1.82) is 0 Å². The minimum atomic E-state index is -0.0429. The highest BCUT2D eigenvalue weighted by Crippen LogP contribution is 2.23. The second-order valence-electron chi connectivity index (χ2n) is 6.42. The van der Waals surface area contributed by atoms with Gasteiger partial charge < -0.3 is 14.7 Å². The van der Waals surface area contributed by atoms with Crippen LogP contribution >= 0.6 is 0 Å². The van der Waals surface area contributed by atoms with Gasteiger partial charge in [-0.05, 0) is 49.2 Å². The topological polar surface area (TPSA) is 89.9 Å². The summed E-state index contributed by atoms with van der Waals surface area (Å²) in [4.78, 5) is 17.3. The molecule has 7 heteroatoms. The first-order chi connectivity index (χ1) is 12.3. The summed E-state index contributed by atoms with van der Waals surface area (Å²) in [7, 11) is 0. The lowest BCUT2D eigenvalue weighted by Gasteiger charge is -2.14. The number of rotatable bonds is 6. The van der Waals surface area contributed by atoms with Gasteiger partial charge in [0.15, 0.2) is 5.76 Å². The third-order valence-electron chi connectivity index (χ3n) is 4.57. The third-order valence-corrected chi connectivity index (χ3v) is 4.57. The highest BCUT2D eigenvalue weighted by Gasteiger charge is 2.24. The zero-order valence-corrected chi connectivity index (χ0v) is 13.9. The zero-order valence-electron chi connectivity index (χ0n) is 13.9. The number of hydrogen-bond donors (Lipinski definition) is 3. The van der Waals surface area contributed by atoms with Crippen molar-refractivity contribution in [3.8, 4) is 11.5 Å². The second kappa shape index (κ2) is 6.98. The molecule has 3 aromatic heterocycles. The van der Waals surface area contributed by atoms with Gasteiger partial charge in [-0.25, -0.2) is 0 Å². The Morgan fingerprint density at radius 2 is 2.32 bits per heavy atom. The van der Waals surface area contributed by atoms with Gasteiger partial charge in [0, 0.05) is 25.5 Å². The molecule has 4 heterocycles. The first-order valence-corrected chi connectivity index (χ1v) is 8.50. The first kappa shape index (κ1) is 15.7. The van der Waals surface area contributed by atoms with E-state index >= 15 is 0 Å². The fourth-order valence-corrected chi connectivity index (χ4v) is 3.25. The van der Waals surface area contributed by atoms with Gasteiger partial charge in [0.1, 0.15) is 17.1 Å². The molecule has 1 atom stereocenters. The molecular weight excluding hydrogens is 318 g/mol. The highest BCUT2D eigenvalue weighted by atomic mass is 16.3. The fourth-order valence-electron chi connectivity index (χ4n) is 3.25. The van der Waals surface area contributed by atoms with Crippen molar-refractivity contribution in [3.63, 3.8) is 0 Å². The summed E-state index contributed by atoms with van der Waals surface area (Å²) in [5, 5.41) is 9.85. The molecule has 0 radical (unpaired) electrons. The van der Waals surface area contributed by atoms with E-state index < -0.39 is 0 Å². The third kappa shape index (κ3) is 3.66. The average Bonchev–Trinajstić information content (AvgIpc) is 3.40. The molecule has 1 fully saturated rings. The molecule has 0 aliphatic carbocycles. The molecule has 1 aliphatic rings. The Hall–Kier alpha value is -2.80. The Balaban J connectivity index is 1.26. The van der Waals surface area contributed by atoms with E-state index in [1.54, 1.807) is 18.5 Å². The van der Waals surface area contributed by atoms with Crippen LogP contribution in [0.15, 0.2) is 47.1 Å². The molecule has 1 saturated heterocycles. The minimum Gasteiger partial charge on any atom is -0.458 e. The van der Waals surface area contributed by atoms with Crippen LogP contribution in [0, 0.1) is 5.92 Å². The lowest BCUT2D eigenvalue weighted by molar-refractivity contribution is 0.0943. The average molecular weight is 339 g/mol. The van der Waals surface area contributed by atoms with Crippen molar-refractivity contribution in [2.75, 3.05) is 19.6 Å². The number of nitrogens with one attached hydrogen (secondary N) is 3. The molecule has 0 unspecified atom stereocenters. The number of carbonyl (C=O) groups is 1. The van der Waals surface area contributed by atoms with E-state index in [0.717, 1.165) is 43.3 Å². The summed E-state index contributed by atoms with van der Waals surface area (Å²) in [6, 6.07) is 9.47. The molecule has 130 valence electrons. The molecule has 1 aliphatic heterocycles. The van der Waals surface area contributed by atoms with E-state index in [-0.39, 0.29) is 5.91 Å². The van der Waals surface area contributed by atoms with Crippen LogP contribution in [-0.2, 0) is 6.54 Å². The first-order valence-electron chi connectivity index (χ1n) is 8.50. The summed E-state index contributed by atoms with van der Waals surface area (Å²) >= 11 is 0. The molecule has 25 heavy (non-hydrogen) atoms. The molecule has 0 bridgehead atoms. The number of aromatic amines is 2. The van der Waals surface area contributed by atoms with Crippen LogP contribution in [0.4, 0.5) is 0 Å². The van der Waals surface area contributed by atoms with Crippen molar-refractivity contribution < 1.29 is 9.21 Å². The maximum atomic E-state index is 12.0. The molecule has 0 spiro atoms. The van der Waals surface area contributed by atoms with Crippen LogP contribution in [0.3, 0.4) is 0 Å². The van der Waals surface area contributed by atoms with Crippen LogP contribution in [-0.4, -0.2) is 45.6 Å².